The highest BCUT2D eigenvalue weighted by molar-refractivity contribution is 7.26. The highest BCUT2D eigenvalue weighted by Gasteiger charge is 2.35. The van der Waals surface area contributed by atoms with Crippen LogP contribution in [-0.2, 0) is 5.41 Å². The summed E-state index contributed by atoms with van der Waals surface area (Å²) in [7, 11) is 0. The second-order valence-corrected chi connectivity index (χ2v) is 15.6. The van der Waals surface area contributed by atoms with Gasteiger partial charge in [-0.25, -0.2) is 0 Å². The molecule has 0 N–H and O–H groups in total. The summed E-state index contributed by atoms with van der Waals surface area (Å²) in [5.74, 6) is 0. The third-order valence-corrected chi connectivity index (χ3v) is 12.6. The van der Waals surface area contributed by atoms with Crippen molar-refractivity contribution >= 4 is 64.1 Å². The number of rotatable bonds is 3. The molecule has 0 aliphatic heterocycles. The predicted molar refractivity (Wildman–Crippen MR) is 220 cm³/mol. The van der Waals surface area contributed by atoms with Crippen LogP contribution in [0.4, 0.5) is 0 Å². The van der Waals surface area contributed by atoms with E-state index < -0.39 is 0 Å². The van der Waals surface area contributed by atoms with E-state index in [9.17, 15) is 0 Å². The maximum Gasteiger partial charge on any atom is 0.0555 e. The summed E-state index contributed by atoms with van der Waals surface area (Å²) in [4.78, 5) is 0. The summed E-state index contributed by atoms with van der Waals surface area (Å²) in [6.45, 7) is 4.72. The van der Waals surface area contributed by atoms with Gasteiger partial charge in [0.25, 0.3) is 0 Å². The topological polar surface area (TPSA) is 4.93 Å². The van der Waals surface area contributed by atoms with Gasteiger partial charge in [0.05, 0.1) is 11.0 Å². The SMILES string of the molecule is CC1(C)c2ccccc2-c2ccc(-c3ccc4sc5c(ccc6c5c5c7ccccc7ccc5n6-c5ccc(-c6ccccc6)cc5)c4c3)cc21. The normalized spacial score (nSPS) is 13.5. The van der Waals surface area contributed by atoms with Gasteiger partial charge >= 0.3 is 0 Å². The third kappa shape index (κ3) is 4.08. The van der Waals surface area contributed by atoms with Crippen molar-refractivity contribution in [3.63, 3.8) is 0 Å². The molecule has 240 valence electrons. The van der Waals surface area contributed by atoms with E-state index in [2.05, 4.69) is 182 Å². The van der Waals surface area contributed by atoms with Gasteiger partial charge < -0.3 is 4.57 Å². The van der Waals surface area contributed by atoms with Crippen LogP contribution in [0.15, 0.2) is 164 Å². The molecule has 0 saturated heterocycles. The molecule has 0 fully saturated rings. The predicted octanol–water partition coefficient (Wildman–Crippen LogP) is 13.9. The third-order valence-electron chi connectivity index (χ3n) is 11.4. The van der Waals surface area contributed by atoms with E-state index in [0.717, 1.165) is 0 Å². The van der Waals surface area contributed by atoms with E-state index in [0.29, 0.717) is 0 Å². The molecule has 0 radical (unpaired) electrons. The fourth-order valence-electron chi connectivity index (χ4n) is 8.87. The van der Waals surface area contributed by atoms with Crippen molar-refractivity contribution in [3.8, 4) is 39.1 Å². The number of thiophene rings is 1. The molecule has 0 spiro atoms. The molecule has 1 aliphatic carbocycles. The van der Waals surface area contributed by atoms with Crippen LogP contribution < -0.4 is 0 Å². The second-order valence-electron chi connectivity index (χ2n) is 14.5. The fourth-order valence-corrected chi connectivity index (χ4v) is 10.1. The average Bonchev–Trinajstić information content (AvgIpc) is 3.80. The Hall–Kier alpha value is -5.96. The van der Waals surface area contributed by atoms with Gasteiger partial charge in [0.2, 0.25) is 0 Å². The minimum atomic E-state index is -0.0222. The summed E-state index contributed by atoms with van der Waals surface area (Å²) in [5.41, 5.74) is 14.2. The zero-order valence-corrected chi connectivity index (χ0v) is 29.3. The van der Waals surface area contributed by atoms with Crippen LogP contribution in [0.3, 0.4) is 0 Å². The summed E-state index contributed by atoms with van der Waals surface area (Å²) in [5, 5.41) is 7.88. The van der Waals surface area contributed by atoms with Crippen LogP contribution in [0.2, 0.25) is 0 Å². The lowest BCUT2D eigenvalue weighted by Crippen LogP contribution is -2.14. The molecule has 2 aromatic heterocycles. The molecule has 0 atom stereocenters. The van der Waals surface area contributed by atoms with Gasteiger partial charge in [0.15, 0.2) is 0 Å². The Morgan fingerprint density at radius 1 is 0.451 bits per heavy atom. The summed E-state index contributed by atoms with van der Waals surface area (Å²) >= 11 is 1.92. The fraction of sp³-hybridized carbons (Fsp3) is 0.0612. The summed E-state index contributed by atoms with van der Waals surface area (Å²) in [6.07, 6.45) is 0. The lowest BCUT2D eigenvalue weighted by molar-refractivity contribution is 0.660. The zero-order valence-electron chi connectivity index (χ0n) is 28.4. The van der Waals surface area contributed by atoms with Gasteiger partial charge in [-0.2, -0.15) is 0 Å². The van der Waals surface area contributed by atoms with Gasteiger partial charge in [-0.05, 0) is 97.7 Å². The zero-order chi connectivity index (χ0) is 33.8. The van der Waals surface area contributed by atoms with Crippen molar-refractivity contribution in [1.29, 1.82) is 0 Å². The highest BCUT2D eigenvalue weighted by Crippen LogP contribution is 2.50. The lowest BCUT2D eigenvalue weighted by Gasteiger charge is -2.22. The number of fused-ring (bicyclic) bond motifs is 12. The van der Waals surface area contributed by atoms with Crippen LogP contribution in [0.5, 0.6) is 0 Å². The Morgan fingerprint density at radius 2 is 1.12 bits per heavy atom. The largest absolute Gasteiger partial charge is 0.309 e. The molecule has 8 aromatic carbocycles. The Morgan fingerprint density at radius 3 is 2.00 bits per heavy atom. The molecule has 10 aromatic rings. The van der Waals surface area contributed by atoms with Crippen molar-refractivity contribution in [3.05, 3.63) is 175 Å². The molecular weight excluding hydrogens is 635 g/mol. The Balaban J connectivity index is 1.13. The summed E-state index contributed by atoms with van der Waals surface area (Å²) < 4.78 is 5.14. The number of benzene rings is 8. The molecule has 2 heterocycles. The first-order chi connectivity index (χ1) is 25.0. The first-order valence-electron chi connectivity index (χ1n) is 17.8. The minimum Gasteiger partial charge on any atom is -0.309 e. The molecule has 51 heavy (non-hydrogen) atoms. The molecule has 0 unspecified atom stereocenters. The van der Waals surface area contributed by atoms with Gasteiger partial charge in [0, 0.05) is 42.0 Å². The van der Waals surface area contributed by atoms with Crippen LogP contribution in [0, 0.1) is 0 Å². The first-order valence-corrected chi connectivity index (χ1v) is 18.6. The first kappa shape index (κ1) is 28.8. The van der Waals surface area contributed by atoms with Crippen LogP contribution >= 0.6 is 11.3 Å². The molecule has 11 rings (SSSR count). The lowest BCUT2D eigenvalue weighted by atomic mass is 9.81. The number of hydrogen-bond acceptors (Lipinski definition) is 1. The van der Waals surface area contributed by atoms with E-state index in [1.54, 1.807) is 0 Å². The molecular formula is C49H33NS. The molecule has 0 saturated carbocycles. The number of nitrogens with zero attached hydrogens (tertiary/aromatic N) is 1. The second kappa shape index (κ2) is 10.5. The van der Waals surface area contributed by atoms with E-state index in [1.165, 1.54) is 103 Å². The maximum absolute atomic E-state index is 2.46. The van der Waals surface area contributed by atoms with E-state index in [-0.39, 0.29) is 5.41 Å². The van der Waals surface area contributed by atoms with Crippen LogP contribution in [-0.4, -0.2) is 4.57 Å². The van der Waals surface area contributed by atoms with Crippen molar-refractivity contribution < 1.29 is 0 Å². The Bertz CT molecular complexity index is 3030. The molecule has 1 nitrogen and oxygen atoms in total. The number of aromatic nitrogens is 1. The maximum atomic E-state index is 2.46. The number of hydrogen-bond donors (Lipinski definition) is 0. The van der Waals surface area contributed by atoms with E-state index in [1.807, 2.05) is 11.3 Å². The summed E-state index contributed by atoms with van der Waals surface area (Å²) in [6, 6.07) is 60.9. The average molecular weight is 668 g/mol. The molecule has 0 bridgehead atoms. The van der Waals surface area contributed by atoms with Gasteiger partial charge in [-0.15, -0.1) is 11.3 Å². The van der Waals surface area contributed by atoms with Crippen molar-refractivity contribution in [2.45, 2.75) is 19.3 Å². The molecule has 1 aliphatic rings. The van der Waals surface area contributed by atoms with Crippen molar-refractivity contribution in [1.82, 2.24) is 4.57 Å². The van der Waals surface area contributed by atoms with Gasteiger partial charge in [-0.1, -0.05) is 135 Å². The Labute approximate surface area is 300 Å². The quantitative estimate of drug-likeness (QED) is 0.177. The van der Waals surface area contributed by atoms with Gasteiger partial charge in [0.1, 0.15) is 0 Å². The molecule has 2 heteroatoms. The van der Waals surface area contributed by atoms with Crippen LogP contribution in [0.25, 0.3) is 91.8 Å². The highest BCUT2D eigenvalue weighted by atomic mass is 32.1. The standard InChI is InChI=1S/C49H33NS/c1-49(2)41-15-9-8-14-37(41)38-23-18-34(29-42(38)49)33-20-27-45-40(28-33)39-24-26-44-47(48(39)51-45)46-36-13-7-6-12-32(36)19-25-43(46)50(44)35-21-16-31(17-22-35)30-10-4-3-5-11-30/h3-29H,1-2H3. The van der Waals surface area contributed by atoms with Gasteiger partial charge in [-0.3, -0.25) is 0 Å². The smallest absolute Gasteiger partial charge is 0.0555 e. The van der Waals surface area contributed by atoms with Crippen molar-refractivity contribution in [2.24, 2.45) is 0 Å². The van der Waals surface area contributed by atoms with E-state index >= 15 is 0 Å². The van der Waals surface area contributed by atoms with Crippen molar-refractivity contribution in [2.75, 3.05) is 0 Å². The minimum absolute atomic E-state index is 0.0222. The van der Waals surface area contributed by atoms with Crippen LogP contribution in [0.1, 0.15) is 25.0 Å². The monoisotopic (exact) mass is 667 g/mol. The van der Waals surface area contributed by atoms with E-state index in [4.69, 9.17) is 0 Å². The Kier molecular flexibility index (Phi) is 5.95. The molecule has 0 amide bonds.